The number of fused-ring (bicyclic) bond motifs is 3. The van der Waals surface area contributed by atoms with E-state index in [4.69, 9.17) is 4.74 Å². The van der Waals surface area contributed by atoms with E-state index in [1.807, 2.05) is 43.4 Å². The van der Waals surface area contributed by atoms with Crippen LogP contribution in [-0.4, -0.2) is 66.3 Å². The van der Waals surface area contributed by atoms with Gasteiger partial charge in [0, 0.05) is 19.0 Å². The normalized spacial score (nSPS) is 17.7. The van der Waals surface area contributed by atoms with Gasteiger partial charge in [0.25, 0.3) is 0 Å². The first kappa shape index (κ1) is 24.7. The van der Waals surface area contributed by atoms with E-state index in [1.54, 1.807) is 6.92 Å². The molecule has 1 fully saturated rings. The molecule has 1 saturated heterocycles. The number of hydrogen-bond donors (Lipinski definition) is 3. The number of carboxylic acids is 1. The van der Waals surface area contributed by atoms with Crippen LogP contribution in [-0.2, 0) is 14.3 Å². The topological polar surface area (TPSA) is 108 Å². The van der Waals surface area contributed by atoms with Crippen molar-refractivity contribution in [3.63, 3.8) is 0 Å². The maximum absolute atomic E-state index is 13.0. The van der Waals surface area contributed by atoms with Crippen LogP contribution in [0.3, 0.4) is 0 Å². The van der Waals surface area contributed by atoms with Gasteiger partial charge in [0.15, 0.2) is 0 Å². The highest BCUT2D eigenvalue weighted by Crippen LogP contribution is 2.44. The first-order valence-corrected chi connectivity index (χ1v) is 12.2. The quantitative estimate of drug-likeness (QED) is 0.536. The molecule has 8 heteroatoms. The molecule has 0 bridgehead atoms. The van der Waals surface area contributed by atoms with Crippen LogP contribution in [0.2, 0.25) is 0 Å². The number of amides is 2. The van der Waals surface area contributed by atoms with Crippen molar-refractivity contribution in [2.45, 2.75) is 50.1 Å². The van der Waals surface area contributed by atoms with Gasteiger partial charge in [-0.1, -0.05) is 55.5 Å². The highest BCUT2D eigenvalue weighted by molar-refractivity contribution is 5.87. The SMILES string of the molecule is CCC(NC(=O)OCC1c2ccccc2-c2ccccc21)C(=O)NC1(CC(=O)O)CCN(C)CC1. The number of hydrogen-bond acceptors (Lipinski definition) is 5. The third-order valence-corrected chi connectivity index (χ3v) is 7.18. The number of carbonyl (C=O) groups excluding carboxylic acids is 2. The number of likely N-dealkylation sites (tertiary alicyclic amines) is 1. The van der Waals surface area contributed by atoms with E-state index in [-0.39, 0.29) is 24.9 Å². The lowest BCUT2D eigenvalue weighted by atomic mass is 9.84. The minimum Gasteiger partial charge on any atom is -0.481 e. The summed E-state index contributed by atoms with van der Waals surface area (Å²) < 4.78 is 5.59. The zero-order valence-corrected chi connectivity index (χ0v) is 20.3. The van der Waals surface area contributed by atoms with E-state index in [1.165, 1.54) is 0 Å². The van der Waals surface area contributed by atoms with Crippen LogP contribution in [0.5, 0.6) is 0 Å². The molecule has 1 heterocycles. The van der Waals surface area contributed by atoms with Crippen molar-refractivity contribution in [3.05, 3.63) is 59.7 Å². The number of rotatable bonds is 8. The summed E-state index contributed by atoms with van der Waals surface area (Å²) in [6.45, 7) is 3.36. The van der Waals surface area contributed by atoms with Gasteiger partial charge in [0.05, 0.1) is 12.0 Å². The number of nitrogens with one attached hydrogen (secondary N) is 2. The molecule has 4 rings (SSSR count). The monoisotopic (exact) mass is 479 g/mol. The molecule has 0 saturated carbocycles. The van der Waals surface area contributed by atoms with E-state index in [0.717, 1.165) is 22.3 Å². The Hall–Kier alpha value is -3.39. The highest BCUT2D eigenvalue weighted by Gasteiger charge is 2.39. The molecule has 2 aliphatic rings. The molecule has 0 spiro atoms. The number of piperidine rings is 1. The molecule has 3 N–H and O–H groups in total. The van der Waals surface area contributed by atoms with Crippen LogP contribution < -0.4 is 10.6 Å². The Kier molecular flexibility index (Phi) is 7.40. The fraction of sp³-hybridized carbons (Fsp3) is 0.444. The molecule has 1 atom stereocenters. The maximum atomic E-state index is 13.0. The second-order valence-electron chi connectivity index (χ2n) is 9.57. The summed E-state index contributed by atoms with van der Waals surface area (Å²) in [5, 5.41) is 15.0. The summed E-state index contributed by atoms with van der Waals surface area (Å²) in [4.78, 5) is 39.3. The predicted molar refractivity (Wildman–Crippen MR) is 132 cm³/mol. The van der Waals surface area contributed by atoms with Gasteiger partial charge in [-0.15, -0.1) is 0 Å². The van der Waals surface area contributed by atoms with Crippen LogP contribution in [0.25, 0.3) is 11.1 Å². The molecule has 2 amide bonds. The van der Waals surface area contributed by atoms with Gasteiger partial charge in [-0.25, -0.2) is 4.79 Å². The Labute approximate surface area is 205 Å². The first-order valence-electron chi connectivity index (χ1n) is 12.2. The second-order valence-corrected chi connectivity index (χ2v) is 9.57. The molecule has 0 radical (unpaired) electrons. The predicted octanol–water partition coefficient (Wildman–Crippen LogP) is 3.36. The Morgan fingerprint density at radius 2 is 1.63 bits per heavy atom. The first-order chi connectivity index (χ1) is 16.8. The number of carboxylic acid groups (broad SMARTS) is 1. The van der Waals surface area contributed by atoms with Gasteiger partial charge in [-0.2, -0.15) is 0 Å². The molecule has 186 valence electrons. The number of ether oxygens (including phenoxy) is 1. The Morgan fingerprint density at radius 3 is 2.17 bits per heavy atom. The van der Waals surface area contributed by atoms with Gasteiger partial charge in [0.1, 0.15) is 12.6 Å². The minimum absolute atomic E-state index is 0.0693. The number of carbonyl (C=O) groups is 3. The van der Waals surface area contributed by atoms with Gasteiger partial charge in [0.2, 0.25) is 5.91 Å². The standard InChI is InChI=1S/C27H33N3O5/c1-3-23(25(33)29-27(16-24(31)32)12-14-30(2)15-13-27)28-26(34)35-17-22-20-10-6-4-8-18(20)19-9-5-7-11-21(19)22/h4-11,22-23H,3,12-17H2,1-2H3,(H,28,34)(H,29,33)(H,31,32). The number of aliphatic carboxylic acids is 1. The van der Waals surface area contributed by atoms with Crippen LogP contribution in [0, 0.1) is 0 Å². The van der Waals surface area contributed by atoms with Crippen LogP contribution in [0.4, 0.5) is 4.79 Å². The largest absolute Gasteiger partial charge is 0.481 e. The number of nitrogens with zero attached hydrogens (tertiary/aromatic N) is 1. The lowest BCUT2D eigenvalue weighted by molar-refractivity contribution is -0.140. The summed E-state index contributed by atoms with van der Waals surface area (Å²) >= 11 is 0. The highest BCUT2D eigenvalue weighted by atomic mass is 16.5. The summed E-state index contributed by atoms with van der Waals surface area (Å²) in [5.41, 5.74) is 3.70. The van der Waals surface area contributed by atoms with Gasteiger partial charge in [-0.05, 0) is 48.6 Å². The minimum atomic E-state index is -0.951. The van der Waals surface area contributed by atoms with Gasteiger partial charge >= 0.3 is 12.1 Å². The molecule has 1 aliphatic heterocycles. The van der Waals surface area contributed by atoms with Crippen LogP contribution in [0.15, 0.2) is 48.5 Å². The van der Waals surface area contributed by atoms with E-state index in [2.05, 4.69) is 27.7 Å². The van der Waals surface area contributed by atoms with Crippen molar-refractivity contribution in [3.8, 4) is 11.1 Å². The Balaban J connectivity index is 1.38. The van der Waals surface area contributed by atoms with E-state index < -0.39 is 23.6 Å². The summed E-state index contributed by atoms with van der Waals surface area (Å²) in [5.74, 6) is -1.40. The third-order valence-electron chi connectivity index (χ3n) is 7.18. The molecule has 0 aromatic heterocycles. The molecule has 1 unspecified atom stereocenters. The number of alkyl carbamates (subject to hydrolysis) is 1. The van der Waals surface area contributed by atoms with Crippen molar-refractivity contribution in [1.29, 1.82) is 0 Å². The fourth-order valence-electron chi connectivity index (χ4n) is 5.17. The molecule has 8 nitrogen and oxygen atoms in total. The molecule has 1 aliphatic carbocycles. The van der Waals surface area contributed by atoms with Crippen molar-refractivity contribution in [1.82, 2.24) is 15.5 Å². The van der Waals surface area contributed by atoms with Crippen molar-refractivity contribution < 1.29 is 24.2 Å². The van der Waals surface area contributed by atoms with E-state index >= 15 is 0 Å². The summed E-state index contributed by atoms with van der Waals surface area (Å²) in [7, 11) is 1.97. The summed E-state index contributed by atoms with van der Waals surface area (Å²) in [6, 6.07) is 15.4. The third kappa shape index (κ3) is 5.48. The average Bonchev–Trinajstić information content (AvgIpc) is 3.16. The smallest absolute Gasteiger partial charge is 0.407 e. The van der Waals surface area contributed by atoms with E-state index in [9.17, 15) is 19.5 Å². The molecule has 35 heavy (non-hydrogen) atoms. The van der Waals surface area contributed by atoms with Crippen LogP contribution >= 0.6 is 0 Å². The Bertz CT molecular complexity index is 1050. The molecule has 2 aromatic rings. The average molecular weight is 480 g/mol. The van der Waals surface area contributed by atoms with Crippen molar-refractivity contribution >= 4 is 18.0 Å². The van der Waals surface area contributed by atoms with Crippen LogP contribution in [0.1, 0.15) is 49.7 Å². The lowest BCUT2D eigenvalue weighted by Gasteiger charge is -2.41. The molecular weight excluding hydrogens is 446 g/mol. The zero-order valence-electron chi connectivity index (χ0n) is 20.3. The number of benzene rings is 2. The molecule has 2 aromatic carbocycles. The zero-order chi connectivity index (χ0) is 25.0. The van der Waals surface area contributed by atoms with Crippen molar-refractivity contribution in [2.75, 3.05) is 26.7 Å². The Morgan fingerprint density at radius 1 is 1.06 bits per heavy atom. The van der Waals surface area contributed by atoms with Crippen molar-refractivity contribution in [2.24, 2.45) is 0 Å². The fourth-order valence-corrected chi connectivity index (χ4v) is 5.17. The molecular formula is C27H33N3O5. The van der Waals surface area contributed by atoms with E-state index in [0.29, 0.717) is 32.4 Å². The lowest BCUT2D eigenvalue weighted by Crippen LogP contribution is -2.59. The van der Waals surface area contributed by atoms with Gasteiger partial charge in [-0.3, -0.25) is 9.59 Å². The van der Waals surface area contributed by atoms with Gasteiger partial charge < -0.3 is 25.4 Å². The second kappa shape index (κ2) is 10.5. The maximum Gasteiger partial charge on any atom is 0.407 e. The summed E-state index contributed by atoms with van der Waals surface area (Å²) in [6.07, 6.45) is 0.642.